The van der Waals surface area contributed by atoms with Gasteiger partial charge < -0.3 is 14.9 Å². The van der Waals surface area contributed by atoms with Crippen molar-refractivity contribution in [3.63, 3.8) is 0 Å². The molecule has 0 spiro atoms. The molecule has 2 heterocycles. The molecule has 132 valence electrons. The Hall–Kier alpha value is -3.75. The van der Waals surface area contributed by atoms with Gasteiger partial charge >= 0.3 is 11.9 Å². The molecule has 2 aromatic heterocycles. The number of carboxylic acids is 1. The molecule has 0 saturated heterocycles. The Kier molecular flexibility index (Phi) is 4.61. The summed E-state index contributed by atoms with van der Waals surface area (Å²) < 4.78 is 6.10. The third-order valence-electron chi connectivity index (χ3n) is 3.52. The van der Waals surface area contributed by atoms with Crippen molar-refractivity contribution in [2.24, 2.45) is 10.2 Å². The number of imidazole rings is 1. The second kappa shape index (κ2) is 7.01. The molecule has 0 aliphatic carbocycles. The molecule has 0 atom stereocenters. The van der Waals surface area contributed by atoms with Crippen molar-refractivity contribution in [2.75, 3.05) is 7.11 Å². The van der Waals surface area contributed by atoms with Gasteiger partial charge in [0.1, 0.15) is 0 Å². The quantitative estimate of drug-likeness (QED) is 0.536. The van der Waals surface area contributed by atoms with E-state index in [2.05, 4.69) is 19.9 Å². The molecule has 26 heavy (non-hydrogen) atoms. The fraction of sp³-hybridized carbons (Fsp3) is 0.118. The molecule has 1 aromatic carbocycles. The van der Waals surface area contributed by atoms with Crippen LogP contribution in [-0.4, -0.2) is 38.6 Å². The highest BCUT2D eigenvalue weighted by Crippen LogP contribution is 2.28. The third kappa shape index (κ3) is 3.36. The zero-order valence-electron chi connectivity index (χ0n) is 13.7. The molecule has 0 radical (unpaired) electrons. The highest BCUT2D eigenvalue weighted by molar-refractivity contribution is 5.90. The Bertz CT molecular complexity index is 1030. The van der Waals surface area contributed by atoms with Crippen LogP contribution in [0.2, 0.25) is 0 Å². The maximum Gasteiger partial charge on any atom is 0.337 e. The number of rotatable bonds is 5. The summed E-state index contributed by atoms with van der Waals surface area (Å²) in [5.74, 6) is -1.51. The minimum absolute atomic E-state index is 0.103. The van der Waals surface area contributed by atoms with Crippen LogP contribution in [0, 0.1) is 0 Å². The van der Waals surface area contributed by atoms with Crippen LogP contribution in [0.3, 0.4) is 0 Å². The highest BCUT2D eigenvalue weighted by atomic mass is 16.5. The lowest BCUT2D eigenvalue weighted by atomic mass is 10.2. The van der Waals surface area contributed by atoms with Gasteiger partial charge in [0, 0.05) is 6.20 Å². The number of aromatic nitrogens is 2. The first-order valence-corrected chi connectivity index (χ1v) is 7.50. The van der Waals surface area contributed by atoms with Crippen molar-refractivity contribution in [3.8, 4) is 5.75 Å². The Morgan fingerprint density at radius 1 is 1.23 bits per heavy atom. The number of nitrogens with zero attached hydrogens (tertiary/aromatic N) is 4. The van der Waals surface area contributed by atoms with Gasteiger partial charge in [-0.1, -0.05) is 6.07 Å². The van der Waals surface area contributed by atoms with Gasteiger partial charge in [0.05, 0.1) is 30.5 Å². The van der Waals surface area contributed by atoms with Crippen LogP contribution >= 0.6 is 0 Å². The average Bonchev–Trinajstić information content (AvgIpc) is 2.97. The molecule has 2 N–H and O–H groups in total. The van der Waals surface area contributed by atoms with E-state index in [-0.39, 0.29) is 29.3 Å². The summed E-state index contributed by atoms with van der Waals surface area (Å²) >= 11 is 0. The first-order valence-electron chi connectivity index (χ1n) is 7.50. The molecular formula is C17H14N4O5. The number of benzene rings is 1. The minimum Gasteiger partial charge on any atom is -0.504 e. The summed E-state index contributed by atoms with van der Waals surface area (Å²) in [4.78, 5) is 26.8. The number of aromatic hydroxyl groups is 1. The normalized spacial score (nSPS) is 11.1. The predicted molar refractivity (Wildman–Crippen MR) is 90.2 cm³/mol. The Morgan fingerprint density at radius 3 is 2.77 bits per heavy atom. The Labute approximate surface area is 147 Å². The molecule has 0 amide bonds. The van der Waals surface area contributed by atoms with Crippen molar-refractivity contribution < 1.29 is 24.5 Å². The molecule has 0 aliphatic heterocycles. The van der Waals surface area contributed by atoms with Crippen LogP contribution < -0.4 is 0 Å². The molecule has 3 aromatic rings. The SMILES string of the molecule is COC(=O)c1cccc(N=Nc2c(CC(=O)O)nc3c(O)cccn23)c1. The fourth-order valence-corrected chi connectivity index (χ4v) is 2.37. The Balaban J connectivity index is 2.05. The van der Waals surface area contributed by atoms with Crippen LogP contribution in [0.25, 0.3) is 5.65 Å². The largest absolute Gasteiger partial charge is 0.504 e. The molecule has 0 aliphatic rings. The fourth-order valence-electron chi connectivity index (χ4n) is 2.37. The van der Waals surface area contributed by atoms with E-state index in [0.29, 0.717) is 11.3 Å². The first kappa shape index (κ1) is 17.1. The minimum atomic E-state index is -1.09. The lowest BCUT2D eigenvalue weighted by molar-refractivity contribution is -0.136. The molecule has 0 fully saturated rings. The summed E-state index contributed by atoms with van der Waals surface area (Å²) in [6, 6.07) is 9.34. The van der Waals surface area contributed by atoms with Gasteiger partial charge in [-0.15, -0.1) is 10.2 Å². The maximum absolute atomic E-state index is 11.6. The number of carbonyl (C=O) groups is 2. The van der Waals surface area contributed by atoms with E-state index in [1.165, 1.54) is 23.6 Å². The molecule has 9 nitrogen and oxygen atoms in total. The van der Waals surface area contributed by atoms with Gasteiger partial charge in [-0.05, 0) is 30.3 Å². The number of hydrogen-bond acceptors (Lipinski definition) is 7. The van der Waals surface area contributed by atoms with E-state index in [9.17, 15) is 14.7 Å². The molecular weight excluding hydrogens is 340 g/mol. The van der Waals surface area contributed by atoms with E-state index in [1.54, 1.807) is 30.5 Å². The zero-order valence-corrected chi connectivity index (χ0v) is 13.7. The lowest BCUT2D eigenvalue weighted by Crippen LogP contribution is -2.00. The monoisotopic (exact) mass is 354 g/mol. The number of fused-ring (bicyclic) bond motifs is 1. The number of azo groups is 1. The first-order chi connectivity index (χ1) is 12.5. The number of methoxy groups -OCH3 is 1. The van der Waals surface area contributed by atoms with Crippen molar-refractivity contribution >= 4 is 29.1 Å². The van der Waals surface area contributed by atoms with Gasteiger partial charge in [0.25, 0.3) is 0 Å². The van der Waals surface area contributed by atoms with E-state index in [4.69, 9.17) is 5.11 Å². The second-order valence-electron chi connectivity index (χ2n) is 5.28. The standard InChI is InChI=1S/C17H14N4O5/c1-26-17(25)10-4-2-5-11(8-10)19-20-15-12(9-14(23)24)18-16-13(22)6-3-7-21(15)16/h2-8,22H,9H2,1H3,(H,23,24). The number of ether oxygens (including phenoxy) is 1. The van der Waals surface area contributed by atoms with E-state index >= 15 is 0 Å². The number of pyridine rings is 1. The van der Waals surface area contributed by atoms with E-state index < -0.39 is 11.9 Å². The van der Waals surface area contributed by atoms with E-state index in [1.807, 2.05) is 0 Å². The number of hydrogen-bond donors (Lipinski definition) is 2. The summed E-state index contributed by atoms with van der Waals surface area (Å²) in [6.45, 7) is 0. The summed E-state index contributed by atoms with van der Waals surface area (Å²) in [5.41, 5.74) is 1.03. The van der Waals surface area contributed by atoms with Crippen LogP contribution in [0.4, 0.5) is 11.5 Å². The van der Waals surface area contributed by atoms with Crippen LogP contribution in [0.5, 0.6) is 5.75 Å². The molecule has 0 unspecified atom stereocenters. The van der Waals surface area contributed by atoms with Gasteiger partial charge in [0.2, 0.25) is 0 Å². The van der Waals surface area contributed by atoms with E-state index in [0.717, 1.165) is 0 Å². The molecule has 0 bridgehead atoms. The predicted octanol–water partition coefficient (Wildman–Crippen LogP) is 2.87. The van der Waals surface area contributed by atoms with Crippen molar-refractivity contribution in [2.45, 2.75) is 6.42 Å². The van der Waals surface area contributed by atoms with Crippen LogP contribution in [-0.2, 0) is 16.0 Å². The molecule has 0 saturated carbocycles. The number of carboxylic acid groups (broad SMARTS) is 1. The maximum atomic E-state index is 11.6. The van der Waals surface area contributed by atoms with Gasteiger partial charge in [0.15, 0.2) is 17.2 Å². The topological polar surface area (TPSA) is 126 Å². The van der Waals surface area contributed by atoms with Gasteiger partial charge in [-0.25, -0.2) is 9.78 Å². The smallest absolute Gasteiger partial charge is 0.337 e. The Morgan fingerprint density at radius 2 is 2.04 bits per heavy atom. The van der Waals surface area contributed by atoms with Gasteiger partial charge in [-0.3, -0.25) is 9.20 Å². The van der Waals surface area contributed by atoms with Crippen LogP contribution in [0.1, 0.15) is 16.1 Å². The summed E-state index contributed by atoms with van der Waals surface area (Å²) in [7, 11) is 1.28. The third-order valence-corrected chi connectivity index (χ3v) is 3.52. The number of esters is 1. The highest BCUT2D eigenvalue weighted by Gasteiger charge is 2.17. The number of carbonyl (C=O) groups excluding carboxylic acids is 1. The van der Waals surface area contributed by atoms with Crippen molar-refractivity contribution in [3.05, 3.63) is 53.9 Å². The summed E-state index contributed by atoms with van der Waals surface area (Å²) in [5, 5.41) is 27.1. The summed E-state index contributed by atoms with van der Waals surface area (Å²) in [6.07, 6.45) is 1.21. The zero-order chi connectivity index (χ0) is 18.7. The average molecular weight is 354 g/mol. The molecule has 9 heteroatoms. The van der Waals surface area contributed by atoms with Gasteiger partial charge in [-0.2, -0.15) is 0 Å². The van der Waals surface area contributed by atoms with Crippen LogP contribution in [0.15, 0.2) is 52.8 Å². The second-order valence-corrected chi connectivity index (χ2v) is 5.28. The molecule has 3 rings (SSSR count). The van der Waals surface area contributed by atoms with Crippen molar-refractivity contribution in [1.82, 2.24) is 9.38 Å². The van der Waals surface area contributed by atoms with Crippen molar-refractivity contribution in [1.29, 1.82) is 0 Å². The lowest BCUT2D eigenvalue weighted by Gasteiger charge is -2.00. The number of aliphatic carboxylic acids is 1.